The summed E-state index contributed by atoms with van der Waals surface area (Å²) in [6.07, 6.45) is 4.88. The molecule has 10 nitrogen and oxygen atoms in total. The molecule has 2 saturated carbocycles. The minimum atomic E-state index is -3.34. The molecule has 4 aliphatic rings. The molecule has 3 fully saturated rings. The highest BCUT2D eigenvalue weighted by atomic mass is 19.3. The van der Waals surface area contributed by atoms with Crippen LogP contribution in [0.4, 0.5) is 13.6 Å². The standard InChI is InChI=1S/C33H42F2N4O6/c1-19-24(18-40)39-17-26(19)44-29-27(36-22-11-10-21(43-3)16-23(22)37-29)33(34,35)14-8-5-9-20-15-25(20)45-31(42)38-28(30(39)41)32(2)12-6-4-7-13-32/h10-11,16,18-20,24-26,28H,4-9,12-15,17H2,1-3H3,(H,38,42)/t19-,20+,24+,25+,26-,28+/m0/s1. The van der Waals surface area contributed by atoms with E-state index in [-0.39, 0.29) is 36.4 Å². The average Bonchev–Trinajstić information content (AvgIpc) is 3.68. The van der Waals surface area contributed by atoms with Gasteiger partial charge < -0.3 is 29.2 Å². The summed E-state index contributed by atoms with van der Waals surface area (Å²) in [4.78, 5) is 50.2. The third kappa shape index (κ3) is 6.29. The van der Waals surface area contributed by atoms with Crippen molar-refractivity contribution in [3.63, 3.8) is 0 Å². The Morgan fingerprint density at radius 1 is 1.02 bits per heavy atom. The van der Waals surface area contributed by atoms with Crippen molar-refractivity contribution in [1.29, 1.82) is 0 Å². The van der Waals surface area contributed by atoms with E-state index in [1.165, 1.54) is 12.0 Å². The molecule has 1 N–H and O–H groups in total. The van der Waals surface area contributed by atoms with Gasteiger partial charge in [0.2, 0.25) is 11.8 Å². The molecule has 1 saturated heterocycles. The molecule has 6 atom stereocenters. The second kappa shape index (κ2) is 12.3. The molecule has 2 aliphatic carbocycles. The van der Waals surface area contributed by atoms with Gasteiger partial charge in [0.15, 0.2) is 5.69 Å². The molecular formula is C33H42F2N4O6. The molecule has 2 aliphatic heterocycles. The summed E-state index contributed by atoms with van der Waals surface area (Å²) in [5, 5.41) is 2.90. The van der Waals surface area contributed by atoms with Crippen LogP contribution in [0.3, 0.4) is 0 Å². The number of methoxy groups -OCH3 is 1. The summed E-state index contributed by atoms with van der Waals surface area (Å²) in [5.74, 6) is -4.03. The van der Waals surface area contributed by atoms with Gasteiger partial charge in [-0.15, -0.1) is 0 Å². The van der Waals surface area contributed by atoms with E-state index in [0.29, 0.717) is 36.8 Å². The zero-order valence-corrected chi connectivity index (χ0v) is 26.1. The van der Waals surface area contributed by atoms with Crippen LogP contribution < -0.4 is 14.8 Å². The molecule has 1 aromatic carbocycles. The Bertz CT molecular complexity index is 1450. The number of ether oxygens (including phenoxy) is 3. The van der Waals surface area contributed by atoms with E-state index in [1.807, 2.05) is 6.92 Å². The molecule has 45 heavy (non-hydrogen) atoms. The van der Waals surface area contributed by atoms with Gasteiger partial charge in [-0.1, -0.05) is 39.5 Å². The van der Waals surface area contributed by atoms with Crippen molar-refractivity contribution in [3.8, 4) is 11.6 Å². The number of aromatic nitrogens is 2. The zero-order valence-electron chi connectivity index (χ0n) is 26.1. The van der Waals surface area contributed by atoms with Gasteiger partial charge in [0.05, 0.1) is 30.7 Å². The Hall–Kier alpha value is -3.57. The summed E-state index contributed by atoms with van der Waals surface area (Å²) < 4.78 is 49.0. The molecule has 244 valence electrons. The Morgan fingerprint density at radius 2 is 1.78 bits per heavy atom. The fraction of sp³-hybridized carbons (Fsp3) is 0.667. The maximum Gasteiger partial charge on any atom is 0.408 e. The van der Waals surface area contributed by atoms with E-state index >= 15 is 8.78 Å². The number of alkyl halides is 2. The third-order valence-electron chi connectivity index (χ3n) is 10.4. The molecule has 0 unspecified atom stereocenters. The van der Waals surface area contributed by atoms with E-state index in [9.17, 15) is 14.4 Å². The highest BCUT2D eigenvalue weighted by molar-refractivity contribution is 5.89. The summed E-state index contributed by atoms with van der Waals surface area (Å²) in [6, 6.07) is 3.02. The van der Waals surface area contributed by atoms with Gasteiger partial charge in [0.25, 0.3) is 5.92 Å². The van der Waals surface area contributed by atoms with Gasteiger partial charge in [-0.05, 0) is 55.6 Å². The van der Waals surface area contributed by atoms with Crippen LogP contribution in [0.5, 0.6) is 11.6 Å². The summed E-state index contributed by atoms with van der Waals surface area (Å²) in [5.41, 5.74) is -0.497. The van der Waals surface area contributed by atoms with Crippen LogP contribution in [0.25, 0.3) is 11.0 Å². The number of halogens is 2. The van der Waals surface area contributed by atoms with Gasteiger partial charge in [-0.3, -0.25) is 4.79 Å². The maximum atomic E-state index is 15.9. The lowest BCUT2D eigenvalue weighted by Crippen LogP contribution is -2.58. The van der Waals surface area contributed by atoms with E-state index in [4.69, 9.17) is 14.2 Å². The molecule has 2 bridgehead atoms. The molecule has 0 spiro atoms. The SMILES string of the molecule is COc1ccc2nc3c(nc2c1)O[C@H]1CN(C(=O)[C@H](C2(C)CCCCC2)NC(=O)O[C@@H]2C[C@H]2CCCCC3(F)F)[C@H](C=O)[C@@H]1C. The zero-order chi connectivity index (χ0) is 31.9. The van der Waals surface area contributed by atoms with Crippen molar-refractivity contribution >= 4 is 29.3 Å². The van der Waals surface area contributed by atoms with E-state index in [1.54, 1.807) is 25.1 Å². The first-order valence-corrected chi connectivity index (χ1v) is 16.2. The maximum absolute atomic E-state index is 15.9. The summed E-state index contributed by atoms with van der Waals surface area (Å²) >= 11 is 0. The molecule has 2 amide bonds. The minimum absolute atomic E-state index is 0.0414. The fourth-order valence-electron chi connectivity index (χ4n) is 7.35. The topological polar surface area (TPSA) is 120 Å². The number of benzene rings is 1. The molecule has 2 aromatic rings. The number of alkyl carbamates (subject to hydrolysis) is 1. The molecule has 12 heteroatoms. The van der Waals surface area contributed by atoms with Crippen LogP contribution >= 0.6 is 0 Å². The fourth-order valence-corrected chi connectivity index (χ4v) is 7.35. The number of nitrogens with zero attached hydrogens (tertiary/aromatic N) is 3. The summed E-state index contributed by atoms with van der Waals surface area (Å²) in [7, 11) is 1.50. The number of carbonyl (C=O) groups excluding carboxylic acids is 3. The van der Waals surface area contributed by atoms with E-state index in [2.05, 4.69) is 15.3 Å². The first kappa shape index (κ1) is 31.4. The number of aldehydes is 1. The van der Waals surface area contributed by atoms with Crippen molar-refractivity contribution < 1.29 is 37.4 Å². The number of fused-ring (bicyclic) bond motifs is 5. The molecular weight excluding hydrogens is 586 g/mol. The monoisotopic (exact) mass is 628 g/mol. The highest BCUT2D eigenvalue weighted by Gasteiger charge is 2.51. The molecule has 6 rings (SSSR count). The number of carbonyl (C=O) groups is 3. The lowest BCUT2D eigenvalue weighted by molar-refractivity contribution is -0.140. The van der Waals surface area contributed by atoms with Crippen LogP contribution in [0.1, 0.15) is 83.7 Å². The van der Waals surface area contributed by atoms with Crippen LogP contribution in [0.2, 0.25) is 0 Å². The number of hydrogen-bond acceptors (Lipinski definition) is 8. The van der Waals surface area contributed by atoms with Crippen molar-refractivity contribution in [3.05, 3.63) is 23.9 Å². The quantitative estimate of drug-likeness (QED) is 0.440. The van der Waals surface area contributed by atoms with Crippen molar-refractivity contribution in [2.45, 2.75) is 108 Å². The number of hydrogen-bond donors (Lipinski definition) is 1. The van der Waals surface area contributed by atoms with Gasteiger partial charge in [0.1, 0.15) is 30.3 Å². The Labute approximate surface area is 261 Å². The smallest absolute Gasteiger partial charge is 0.408 e. The van der Waals surface area contributed by atoms with Crippen LogP contribution in [0, 0.1) is 17.3 Å². The van der Waals surface area contributed by atoms with Crippen LogP contribution in [-0.2, 0) is 20.2 Å². The Kier molecular flexibility index (Phi) is 8.60. The van der Waals surface area contributed by atoms with Crippen molar-refractivity contribution in [1.82, 2.24) is 20.2 Å². The molecule has 1 aromatic heterocycles. The minimum Gasteiger partial charge on any atom is -0.497 e. The predicted octanol–water partition coefficient (Wildman–Crippen LogP) is 5.55. The van der Waals surface area contributed by atoms with Crippen LogP contribution in [-0.4, -0.2) is 71.1 Å². The van der Waals surface area contributed by atoms with E-state index < -0.39 is 59.6 Å². The van der Waals surface area contributed by atoms with Gasteiger partial charge in [-0.25, -0.2) is 14.8 Å². The highest BCUT2D eigenvalue weighted by Crippen LogP contribution is 2.44. The largest absolute Gasteiger partial charge is 0.497 e. The van der Waals surface area contributed by atoms with Crippen LogP contribution in [0.15, 0.2) is 18.2 Å². The average molecular weight is 629 g/mol. The Balaban J connectivity index is 1.39. The normalized spacial score (nSPS) is 31.7. The first-order chi connectivity index (χ1) is 21.5. The van der Waals surface area contributed by atoms with Gasteiger partial charge in [-0.2, -0.15) is 8.78 Å². The van der Waals surface area contributed by atoms with E-state index in [0.717, 1.165) is 32.1 Å². The second-order valence-electron chi connectivity index (χ2n) is 13.5. The van der Waals surface area contributed by atoms with Gasteiger partial charge >= 0.3 is 6.09 Å². The lowest BCUT2D eigenvalue weighted by atomic mass is 9.70. The Morgan fingerprint density at radius 3 is 2.51 bits per heavy atom. The molecule has 3 heterocycles. The third-order valence-corrected chi connectivity index (χ3v) is 10.4. The first-order valence-electron chi connectivity index (χ1n) is 16.2. The molecule has 0 radical (unpaired) electrons. The van der Waals surface area contributed by atoms with Gasteiger partial charge in [0, 0.05) is 18.4 Å². The number of amides is 2. The van der Waals surface area contributed by atoms with Crippen molar-refractivity contribution in [2.75, 3.05) is 13.7 Å². The second-order valence-corrected chi connectivity index (χ2v) is 13.5. The van der Waals surface area contributed by atoms with Crippen molar-refractivity contribution in [2.24, 2.45) is 17.3 Å². The lowest BCUT2D eigenvalue weighted by Gasteiger charge is -2.41. The number of nitrogens with one attached hydrogen (secondary N) is 1. The predicted molar refractivity (Wildman–Crippen MR) is 160 cm³/mol. The summed E-state index contributed by atoms with van der Waals surface area (Å²) in [6.45, 7) is 3.71. The number of rotatable bonds is 3.